The van der Waals surface area contributed by atoms with Crippen molar-refractivity contribution in [3.8, 4) is 12.3 Å². The Bertz CT molecular complexity index is 325. The Labute approximate surface area is 73.2 Å². The van der Waals surface area contributed by atoms with Gasteiger partial charge in [0.1, 0.15) is 0 Å². The third-order valence-electron chi connectivity index (χ3n) is 1.71. The van der Waals surface area contributed by atoms with E-state index in [1.54, 1.807) is 12.2 Å². The van der Waals surface area contributed by atoms with E-state index < -0.39 is 0 Å². The van der Waals surface area contributed by atoms with E-state index in [0.29, 0.717) is 0 Å². The van der Waals surface area contributed by atoms with Crippen molar-refractivity contribution < 1.29 is 0 Å². The molecular weight excluding hydrogens is 144 g/mol. The molecule has 0 bridgehead atoms. The van der Waals surface area contributed by atoms with Gasteiger partial charge >= 0.3 is 0 Å². The number of benzene rings is 1. The van der Waals surface area contributed by atoms with E-state index in [2.05, 4.69) is 19.1 Å². The highest BCUT2D eigenvalue weighted by Gasteiger charge is 1.98. The van der Waals surface area contributed by atoms with Gasteiger partial charge in [-0.1, -0.05) is 49.4 Å². The molecule has 0 fully saturated rings. The molecule has 0 aliphatic heterocycles. The smallest absolute Gasteiger partial charge is 0.0386 e. The minimum atomic E-state index is 0.863. The van der Waals surface area contributed by atoms with Gasteiger partial charge in [-0.25, -0.2) is 0 Å². The highest BCUT2D eigenvalue weighted by molar-refractivity contribution is 5.67. The van der Waals surface area contributed by atoms with Crippen LogP contribution in [0, 0.1) is 12.3 Å². The second-order valence-electron chi connectivity index (χ2n) is 2.36. The Kier molecular flexibility index (Phi) is 2.50. The number of rotatable bonds is 2. The van der Waals surface area contributed by atoms with E-state index in [-0.39, 0.29) is 0 Å². The monoisotopic (exact) mass is 154 g/mol. The fraction of sp³-hybridized carbons (Fsp3) is 0. The molecule has 0 saturated carbocycles. The van der Waals surface area contributed by atoms with E-state index in [0.717, 1.165) is 16.7 Å². The highest BCUT2D eigenvalue weighted by atomic mass is 14.0. The Morgan fingerprint density at radius 1 is 1.17 bits per heavy atom. The normalized spacial score (nSPS) is 8.58. The quantitative estimate of drug-likeness (QED) is 0.574. The van der Waals surface area contributed by atoms with Gasteiger partial charge in [0.15, 0.2) is 0 Å². The largest absolute Gasteiger partial charge is 0.115 e. The molecule has 0 nitrogen and oxygen atoms in total. The van der Waals surface area contributed by atoms with Crippen LogP contribution in [-0.2, 0) is 0 Å². The van der Waals surface area contributed by atoms with Crippen molar-refractivity contribution in [2.24, 2.45) is 0 Å². The van der Waals surface area contributed by atoms with Crippen LogP contribution in [0.4, 0.5) is 0 Å². The van der Waals surface area contributed by atoms with Crippen molar-refractivity contribution in [1.82, 2.24) is 0 Å². The fourth-order valence-electron chi connectivity index (χ4n) is 1.10. The van der Waals surface area contributed by atoms with Gasteiger partial charge in [-0.15, -0.1) is 6.42 Å². The molecule has 0 unspecified atom stereocenters. The van der Waals surface area contributed by atoms with E-state index in [1.165, 1.54) is 0 Å². The molecule has 0 saturated heterocycles. The maximum Gasteiger partial charge on any atom is 0.0386 e. The molecule has 0 amide bonds. The molecule has 0 N–H and O–H groups in total. The summed E-state index contributed by atoms with van der Waals surface area (Å²) in [5.41, 5.74) is 2.83. The summed E-state index contributed by atoms with van der Waals surface area (Å²) >= 11 is 0. The first-order valence-corrected chi connectivity index (χ1v) is 3.68. The predicted octanol–water partition coefficient (Wildman–Crippen LogP) is 2.95. The lowest BCUT2D eigenvalue weighted by atomic mass is 10.0. The average molecular weight is 154 g/mol. The highest BCUT2D eigenvalue weighted by Crippen LogP contribution is 2.15. The Morgan fingerprint density at radius 3 is 2.00 bits per heavy atom. The van der Waals surface area contributed by atoms with Crippen LogP contribution >= 0.6 is 0 Å². The summed E-state index contributed by atoms with van der Waals surface area (Å²) in [6, 6.07) is 5.82. The second kappa shape index (κ2) is 3.59. The van der Waals surface area contributed by atoms with Gasteiger partial charge in [0, 0.05) is 5.56 Å². The second-order valence-corrected chi connectivity index (χ2v) is 2.36. The first kappa shape index (κ1) is 8.36. The van der Waals surface area contributed by atoms with Crippen LogP contribution in [0.5, 0.6) is 0 Å². The number of terminal acetylenes is 1. The molecule has 1 rings (SSSR count). The molecular formula is C12H10. The number of hydrogen-bond acceptors (Lipinski definition) is 0. The van der Waals surface area contributed by atoms with Crippen molar-refractivity contribution in [3.63, 3.8) is 0 Å². The maximum absolute atomic E-state index is 5.36. The van der Waals surface area contributed by atoms with Crippen molar-refractivity contribution in [1.29, 1.82) is 0 Å². The Hall–Kier alpha value is -1.74. The third kappa shape index (κ3) is 1.31. The molecule has 0 aliphatic rings. The first-order valence-electron chi connectivity index (χ1n) is 3.68. The molecule has 0 aromatic heterocycles. The van der Waals surface area contributed by atoms with Gasteiger partial charge in [-0.3, -0.25) is 0 Å². The van der Waals surface area contributed by atoms with E-state index >= 15 is 0 Å². The molecule has 0 atom stereocenters. The summed E-state index contributed by atoms with van der Waals surface area (Å²) < 4.78 is 0. The van der Waals surface area contributed by atoms with Gasteiger partial charge in [0.05, 0.1) is 0 Å². The molecule has 12 heavy (non-hydrogen) atoms. The minimum Gasteiger partial charge on any atom is -0.115 e. The zero-order valence-electron chi connectivity index (χ0n) is 6.88. The first-order chi connectivity index (χ1) is 5.83. The van der Waals surface area contributed by atoms with Crippen molar-refractivity contribution in [3.05, 3.63) is 48.0 Å². The fourth-order valence-corrected chi connectivity index (χ4v) is 1.10. The zero-order valence-corrected chi connectivity index (χ0v) is 6.88. The van der Waals surface area contributed by atoms with Crippen LogP contribution < -0.4 is 0 Å². The van der Waals surface area contributed by atoms with Gasteiger partial charge in [0.2, 0.25) is 0 Å². The summed E-state index contributed by atoms with van der Waals surface area (Å²) in [4.78, 5) is 0. The zero-order chi connectivity index (χ0) is 8.97. The third-order valence-corrected chi connectivity index (χ3v) is 1.71. The van der Waals surface area contributed by atoms with Gasteiger partial charge in [0.25, 0.3) is 0 Å². The lowest BCUT2D eigenvalue weighted by Crippen LogP contribution is -1.85. The van der Waals surface area contributed by atoms with Crippen LogP contribution in [0.1, 0.15) is 16.7 Å². The summed E-state index contributed by atoms with van der Waals surface area (Å²) in [7, 11) is 0. The molecule has 0 aliphatic carbocycles. The van der Waals surface area contributed by atoms with Gasteiger partial charge in [-0.05, 0) is 11.1 Å². The van der Waals surface area contributed by atoms with Gasteiger partial charge < -0.3 is 0 Å². The topological polar surface area (TPSA) is 0 Å². The van der Waals surface area contributed by atoms with Crippen molar-refractivity contribution in [2.45, 2.75) is 0 Å². The SMILES string of the molecule is C#Cc1c(C=C)cccc1C=C. The van der Waals surface area contributed by atoms with Crippen LogP contribution in [0.25, 0.3) is 12.2 Å². The minimum absolute atomic E-state index is 0.863. The Morgan fingerprint density at radius 2 is 1.67 bits per heavy atom. The van der Waals surface area contributed by atoms with Crippen LogP contribution in [0.2, 0.25) is 0 Å². The van der Waals surface area contributed by atoms with Crippen molar-refractivity contribution >= 4 is 12.2 Å². The van der Waals surface area contributed by atoms with Crippen LogP contribution in [0.3, 0.4) is 0 Å². The molecule has 0 radical (unpaired) electrons. The van der Waals surface area contributed by atoms with Crippen LogP contribution in [0.15, 0.2) is 31.4 Å². The van der Waals surface area contributed by atoms with Gasteiger partial charge in [-0.2, -0.15) is 0 Å². The Balaban J connectivity index is 3.44. The summed E-state index contributed by atoms with van der Waals surface area (Å²) in [6.45, 7) is 7.37. The molecule has 58 valence electrons. The number of hydrogen-bond donors (Lipinski definition) is 0. The van der Waals surface area contributed by atoms with E-state index in [9.17, 15) is 0 Å². The molecule has 1 aromatic rings. The summed E-state index contributed by atoms with van der Waals surface area (Å²) in [5.74, 6) is 2.62. The molecule has 0 spiro atoms. The lowest BCUT2D eigenvalue weighted by molar-refractivity contribution is 1.57. The van der Waals surface area contributed by atoms with E-state index in [4.69, 9.17) is 6.42 Å². The maximum atomic E-state index is 5.36. The van der Waals surface area contributed by atoms with Crippen LogP contribution in [-0.4, -0.2) is 0 Å². The lowest BCUT2D eigenvalue weighted by Gasteiger charge is -2.01. The van der Waals surface area contributed by atoms with E-state index in [1.807, 2.05) is 18.2 Å². The molecule has 0 heterocycles. The molecule has 0 heteroatoms. The average Bonchev–Trinajstić information content (AvgIpc) is 2.16. The standard InChI is InChI=1S/C12H10/c1-4-10-8-7-9-11(5-2)12(10)6-3/h3-5,7-9H,1-2H2. The molecule has 1 aromatic carbocycles. The summed E-state index contributed by atoms with van der Waals surface area (Å²) in [6.07, 6.45) is 8.86. The predicted molar refractivity (Wildman–Crippen MR) is 54.6 cm³/mol. The summed E-state index contributed by atoms with van der Waals surface area (Å²) in [5, 5.41) is 0. The van der Waals surface area contributed by atoms with Crippen molar-refractivity contribution in [2.75, 3.05) is 0 Å².